The second-order valence-corrected chi connectivity index (χ2v) is 6.33. The van der Waals surface area contributed by atoms with Gasteiger partial charge in [0, 0.05) is 20.7 Å². The van der Waals surface area contributed by atoms with Crippen molar-refractivity contribution in [3.8, 4) is 0 Å². The molecule has 20 heavy (non-hydrogen) atoms. The topological polar surface area (TPSA) is 55.1 Å². The van der Waals surface area contributed by atoms with E-state index < -0.39 is 0 Å². The van der Waals surface area contributed by atoms with Crippen LogP contribution in [0.5, 0.6) is 0 Å². The molecule has 3 nitrogen and oxygen atoms in total. The number of benzene rings is 2. The monoisotopic (exact) mass is 350 g/mol. The highest BCUT2D eigenvalue weighted by Crippen LogP contribution is 2.22. The molecule has 104 valence electrons. The van der Waals surface area contributed by atoms with Crippen LogP contribution in [0, 0.1) is 6.92 Å². The van der Waals surface area contributed by atoms with E-state index in [0.717, 1.165) is 20.6 Å². The van der Waals surface area contributed by atoms with E-state index in [-0.39, 0.29) is 5.91 Å². The Kier molecular flexibility index (Phi) is 5.09. The lowest BCUT2D eigenvalue weighted by atomic mass is 10.2. The van der Waals surface area contributed by atoms with Crippen molar-refractivity contribution < 1.29 is 4.79 Å². The van der Waals surface area contributed by atoms with Crippen molar-refractivity contribution in [2.75, 3.05) is 16.8 Å². The van der Waals surface area contributed by atoms with Crippen molar-refractivity contribution in [2.24, 2.45) is 0 Å². The third-order valence-electron chi connectivity index (χ3n) is 2.69. The largest absolute Gasteiger partial charge is 0.399 e. The Morgan fingerprint density at radius 1 is 1.30 bits per heavy atom. The molecule has 2 aromatic rings. The predicted octanol–water partition coefficient (Wildman–Crippen LogP) is 4.07. The fourth-order valence-corrected chi connectivity index (χ4v) is 2.95. The molecule has 0 atom stereocenters. The summed E-state index contributed by atoms with van der Waals surface area (Å²) in [6.07, 6.45) is 0. The normalized spacial score (nSPS) is 10.3. The molecular weight excluding hydrogens is 336 g/mol. The van der Waals surface area contributed by atoms with Gasteiger partial charge in [0.15, 0.2) is 0 Å². The van der Waals surface area contributed by atoms with Crippen LogP contribution in [0.1, 0.15) is 5.56 Å². The first-order valence-corrected chi connectivity index (χ1v) is 7.87. The van der Waals surface area contributed by atoms with Crippen molar-refractivity contribution in [2.45, 2.75) is 11.8 Å². The van der Waals surface area contributed by atoms with Crippen molar-refractivity contribution in [1.29, 1.82) is 0 Å². The summed E-state index contributed by atoms with van der Waals surface area (Å²) in [5.74, 6) is 0.335. The second-order valence-electron chi connectivity index (χ2n) is 4.37. The van der Waals surface area contributed by atoms with Crippen LogP contribution in [0.3, 0.4) is 0 Å². The molecule has 1 amide bonds. The Hall–Kier alpha value is -1.46. The average molecular weight is 351 g/mol. The van der Waals surface area contributed by atoms with E-state index in [1.165, 1.54) is 11.8 Å². The zero-order valence-corrected chi connectivity index (χ0v) is 13.4. The minimum Gasteiger partial charge on any atom is -0.399 e. The fraction of sp³-hybridized carbons (Fsp3) is 0.133. The van der Waals surface area contributed by atoms with E-state index in [1.807, 2.05) is 49.4 Å². The highest BCUT2D eigenvalue weighted by molar-refractivity contribution is 9.10. The van der Waals surface area contributed by atoms with Gasteiger partial charge in [-0.05, 0) is 48.9 Å². The highest BCUT2D eigenvalue weighted by Gasteiger charge is 2.06. The highest BCUT2D eigenvalue weighted by atomic mass is 79.9. The van der Waals surface area contributed by atoms with Gasteiger partial charge in [0.05, 0.1) is 5.75 Å². The number of nitrogens with one attached hydrogen (secondary N) is 1. The first kappa shape index (κ1) is 14.9. The maximum Gasteiger partial charge on any atom is 0.234 e. The number of carbonyl (C=O) groups is 1. The number of hydrogen-bond donors (Lipinski definition) is 2. The smallest absolute Gasteiger partial charge is 0.234 e. The van der Waals surface area contributed by atoms with Gasteiger partial charge in [0.25, 0.3) is 0 Å². The first-order chi connectivity index (χ1) is 9.54. The van der Waals surface area contributed by atoms with Crippen LogP contribution in [0.15, 0.2) is 51.8 Å². The molecule has 2 aromatic carbocycles. The number of anilines is 2. The van der Waals surface area contributed by atoms with Gasteiger partial charge >= 0.3 is 0 Å². The third-order valence-corrected chi connectivity index (χ3v) is 4.18. The summed E-state index contributed by atoms with van der Waals surface area (Å²) in [7, 11) is 0. The Morgan fingerprint density at radius 3 is 2.80 bits per heavy atom. The Balaban J connectivity index is 1.92. The SMILES string of the molecule is Cc1cc(Br)ccc1NC(=O)CSc1cccc(N)c1. The Morgan fingerprint density at radius 2 is 2.10 bits per heavy atom. The molecule has 3 N–H and O–H groups in total. The lowest BCUT2D eigenvalue weighted by Crippen LogP contribution is -2.14. The van der Waals surface area contributed by atoms with Crippen LogP contribution in [0.2, 0.25) is 0 Å². The predicted molar refractivity (Wildman–Crippen MR) is 89.1 cm³/mol. The van der Waals surface area contributed by atoms with Crippen LogP contribution in [0.4, 0.5) is 11.4 Å². The number of amides is 1. The van der Waals surface area contributed by atoms with E-state index in [2.05, 4.69) is 21.2 Å². The fourth-order valence-electron chi connectivity index (χ4n) is 1.71. The lowest BCUT2D eigenvalue weighted by Gasteiger charge is -2.08. The van der Waals surface area contributed by atoms with E-state index in [1.54, 1.807) is 0 Å². The van der Waals surface area contributed by atoms with Crippen LogP contribution in [-0.4, -0.2) is 11.7 Å². The van der Waals surface area contributed by atoms with E-state index in [0.29, 0.717) is 11.4 Å². The standard InChI is InChI=1S/C15H15BrN2OS/c1-10-7-11(16)5-6-14(10)18-15(19)9-20-13-4-2-3-12(17)8-13/h2-8H,9,17H2,1H3,(H,18,19). The maximum atomic E-state index is 11.9. The van der Waals surface area contributed by atoms with Gasteiger partial charge in [-0.25, -0.2) is 0 Å². The van der Waals surface area contributed by atoms with E-state index >= 15 is 0 Å². The summed E-state index contributed by atoms with van der Waals surface area (Å²) in [4.78, 5) is 12.9. The minimum atomic E-state index is -0.0251. The number of rotatable bonds is 4. The van der Waals surface area contributed by atoms with Crippen LogP contribution in [-0.2, 0) is 4.79 Å². The summed E-state index contributed by atoms with van der Waals surface area (Å²) < 4.78 is 1.00. The van der Waals surface area contributed by atoms with E-state index in [4.69, 9.17) is 5.73 Å². The van der Waals surface area contributed by atoms with Gasteiger partial charge < -0.3 is 11.1 Å². The van der Waals surface area contributed by atoms with Crippen LogP contribution in [0.25, 0.3) is 0 Å². The molecule has 0 aliphatic rings. The van der Waals surface area contributed by atoms with Gasteiger partial charge in [-0.15, -0.1) is 11.8 Å². The van der Waals surface area contributed by atoms with Gasteiger partial charge in [-0.2, -0.15) is 0 Å². The molecule has 0 radical (unpaired) electrons. The molecule has 0 heterocycles. The zero-order chi connectivity index (χ0) is 14.5. The summed E-state index contributed by atoms with van der Waals surface area (Å²) >= 11 is 4.87. The van der Waals surface area contributed by atoms with Gasteiger partial charge in [-0.3, -0.25) is 4.79 Å². The lowest BCUT2D eigenvalue weighted by molar-refractivity contribution is -0.113. The number of halogens is 1. The van der Waals surface area contributed by atoms with Crippen LogP contribution < -0.4 is 11.1 Å². The molecule has 0 unspecified atom stereocenters. The summed E-state index contributed by atoms with van der Waals surface area (Å²) in [5, 5.41) is 2.91. The van der Waals surface area contributed by atoms with Crippen molar-refractivity contribution in [1.82, 2.24) is 0 Å². The summed E-state index contributed by atoms with van der Waals surface area (Å²) in [6, 6.07) is 13.3. The van der Waals surface area contributed by atoms with Gasteiger partial charge in [-0.1, -0.05) is 22.0 Å². The molecule has 0 spiro atoms. The first-order valence-electron chi connectivity index (χ1n) is 6.09. The molecule has 0 saturated carbocycles. The maximum absolute atomic E-state index is 11.9. The number of thioether (sulfide) groups is 1. The average Bonchev–Trinajstić information content (AvgIpc) is 2.40. The number of hydrogen-bond acceptors (Lipinski definition) is 3. The number of nitrogen functional groups attached to an aromatic ring is 1. The molecule has 0 aliphatic heterocycles. The molecule has 5 heteroatoms. The zero-order valence-electron chi connectivity index (χ0n) is 11.0. The number of aryl methyl sites for hydroxylation is 1. The minimum absolute atomic E-state index is 0.0251. The van der Waals surface area contributed by atoms with Crippen molar-refractivity contribution in [3.05, 3.63) is 52.5 Å². The Bertz CT molecular complexity index is 631. The summed E-state index contributed by atoms with van der Waals surface area (Å²) in [5.41, 5.74) is 8.28. The number of nitrogens with two attached hydrogens (primary N) is 1. The molecule has 0 aliphatic carbocycles. The molecule has 0 aromatic heterocycles. The Labute approximate surface area is 131 Å². The van der Waals surface area contributed by atoms with Gasteiger partial charge in [0.2, 0.25) is 5.91 Å². The molecule has 2 rings (SSSR count). The third kappa shape index (κ3) is 4.28. The second kappa shape index (κ2) is 6.81. The molecule has 0 fully saturated rings. The molecular formula is C15H15BrN2OS. The van der Waals surface area contributed by atoms with Crippen molar-refractivity contribution in [3.63, 3.8) is 0 Å². The molecule has 0 bridgehead atoms. The van der Waals surface area contributed by atoms with Crippen LogP contribution >= 0.6 is 27.7 Å². The summed E-state index contributed by atoms with van der Waals surface area (Å²) in [6.45, 7) is 1.96. The molecule has 0 saturated heterocycles. The van der Waals surface area contributed by atoms with E-state index in [9.17, 15) is 4.79 Å². The number of carbonyl (C=O) groups excluding carboxylic acids is 1. The quantitative estimate of drug-likeness (QED) is 0.645. The van der Waals surface area contributed by atoms with Crippen molar-refractivity contribution >= 4 is 45.0 Å². The van der Waals surface area contributed by atoms with Gasteiger partial charge in [0.1, 0.15) is 0 Å².